The number of ether oxygens (including phenoxy) is 2. The molecule has 0 aliphatic carbocycles. The molecule has 0 unspecified atom stereocenters. The highest BCUT2D eigenvalue weighted by Gasteiger charge is 2.11. The minimum Gasteiger partial charge on any atom is -0.495 e. The molecule has 0 spiro atoms. The van der Waals surface area contributed by atoms with E-state index >= 15 is 0 Å². The second-order valence-corrected chi connectivity index (χ2v) is 5.13. The Morgan fingerprint density at radius 3 is 2.67 bits per heavy atom. The van der Waals surface area contributed by atoms with Crippen molar-refractivity contribution in [3.8, 4) is 11.6 Å². The monoisotopic (exact) mass is 323 g/mol. The summed E-state index contributed by atoms with van der Waals surface area (Å²) in [4.78, 5) is 20.8. The van der Waals surface area contributed by atoms with Gasteiger partial charge in [-0.25, -0.2) is 4.98 Å². The van der Waals surface area contributed by atoms with Crippen LogP contribution in [0.5, 0.6) is 11.6 Å². The molecule has 1 amide bonds. The summed E-state index contributed by atoms with van der Waals surface area (Å²) >= 11 is 0. The minimum absolute atomic E-state index is 0.154. The molecule has 0 aliphatic heterocycles. The van der Waals surface area contributed by atoms with Gasteiger partial charge in [0.2, 0.25) is 5.88 Å². The van der Waals surface area contributed by atoms with E-state index in [2.05, 4.69) is 15.3 Å². The Balaban J connectivity index is 1.73. The first-order valence-electron chi connectivity index (χ1n) is 7.46. The number of hydrogen-bond donors (Lipinski definition) is 1. The van der Waals surface area contributed by atoms with Crippen LogP contribution >= 0.6 is 0 Å². The van der Waals surface area contributed by atoms with Crippen LogP contribution in [-0.2, 0) is 4.79 Å². The number of fused-ring (bicyclic) bond motifs is 1. The van der Waals surface area contributed by atoms with Crippen molar-refractivity contribution in [1.29, 1.82) is 0 Å². The van der Waals surface area contributed by atoms with Crippen LogP contribution in [0.1, 0.15) is 5.82 Å². The quantitative estimate of drug-likeness (QED) is 0.781. The van der Waals surface area contributed by atoms with Gasteiger partial charge in [0.05, 0.1) is 23.7 Å². The number of hydrogen-bond acceptors (Lipinski definition) is 5. The van der Waals surface area contributed by atoms with Gasteiger partial charge >= 0.3 is 0 Å². The van der Waals surface area contributed by atoms with Crippen molar-refractivity contribution in [2.75, 3.05) is 19.0 Å². The van der Waals surface area contributed by atoms with E-state index in [9.17, 15) is 4.79 Å². The summed E-state index contributed by atoms with van der Waals surface area (Å²) in [5, 5.41) is 3.53. The predicted molar refractivity (Wildman–Crippen MR) is 91.4 cm³/mol. The Morgan fingerprint density at radius 1 is 1.08 bits per heavy atom. The van der Waals surface area contributed by atoms with Crippen molar-refractivity contribution in [2.45, 2.75) is 6.92 Å². The molecule has 1 N–H and O–H groups in total. The first kappa shape index (κ1) is 15.7. The molecule has 6 nitrogen and oxygen atoms in total. The Labute approximate surface area is 139 Å². The van der Waals surface area contributed by atoms with Gasteiger partial charge in [-0.05, 0) is 31.2 Å². The molecule has 0 fully saturated rings. The van der Waals surface area contributed by atoms with Crippen LogP contribution in [0.15, 0.2) is 48.5 Å². The topological polar surface area (TPSA) is 73.3 Å². The third-order valence-corrected chi connectivity index (χ3v) is 3.40. The van der Waals surface area contributed by atoms with Gasteiger partial charge in [0, 0.05) is 0 Å². The van der Waals surface area contributed by atoms with Crippen LogP contribution in [0, 0.1) is 6.92 Å². The van der Waals surface area contributed by atoms with E-state index in [4.69, 9.17) is 9.47 Å². The second kappa shape index (κ2) is 6.95. The average Bonchev–Trinajstić information content (AvgIpc) is 2.60. The van der Waals surface area contributed by atoms with Gasteiger partial charge in [0.1, 0.15) is 11.6 Å². The van der Waals surface area contributed by atoms with Crippen molar-refractivity contribution < 1.29 is 14.3 Å². The Kier molecular flexibility index (Phi) is 4.56. The molecule has 0 radical (unpaired) electrons. The van der Waals surface area contributed by atoms with E-state index in [-0.39, 0.29) is 12.5 Å². The molecular weight excluding hydrogens is 306 g/mol. The number of carbonyl (C=O) groups excluding carboxylic acids is 1. The maximum absolute atomic E-state index is 12.1. The molecule has 0 atom stereocenters. The molecule has 1 heterocycles. The largest absolute Gasteiger partial charge is 0.495 e. The summed E-state index contributed by atoms with van der Waals surface area (Å²) in [6.45, 7) is 1.63. The lowest BCUT2D eigenvalue weighted by molar-refractivity contribution is -0.118. The van der Waals surface area contributed by atoms with Crippen molar-refractivity contribution in [3.05, 3.63) is 54.4 Å². The van der Waals surface area contributed by atoms with Gasteiger partial charge in [-0.1, -0.05) is 24.3 Å². The van der Waals surface area contributed by atoms with Crippen LogP contribution in [0.3, 0.4) is 0 Å². The van der Waals surface area contributed by atoms with E-state index < -0.39 is 0 Å². The van der Waals surface area contributed by atoms with E-state index in [1.165, 1.54) is 0 Å². The summed E-state index contributed by atoms with van der Waals surface area (Å²) < 4.78 is 10.8. The van der Waals surface area contributed by atoms with Crippen LogP contribution in [0.4, 0.5) is 5.69 Å². The maximum Gasteiger partial charge on any atom is 0.262 e. The van der Waals surface area contributed by atoms with Crippen LogP contribution < -0.4 is 14.8 Å². The summed E-state index contributed by atoms with van der Waals surface area (Å²) in [5.41, 5.74) is 1.38. The Hall–Kier alpha value is -3.15. The third-order valence-electron chi connectivity index (χ3n) is 3.40. The fourth-order valence-corrected chi connectivity index (χ4v) is 2.34. The third kappa shape index (κ3) is 3.43. The number of aromatic nitrogens is 2. The molecule has 3 aromatic rings. The second-order valence-electron chi connectivity index (χ2n) is 5.13. The average molecular weight is 323 g/mol. The number of amides is 1. The van der Waals surface area contributed by atoms with Crippen molar-refractivity contribution in [2.24, 2.45) is 0 Å². The first-order chi connectivity index (χ1) is 11.7. The highest BCUT2D eigenvalue weighted by Crippen LogP contribution is 2.24. The molecular formula is C18H17N3O3. The molecule has 0 saturated heterocycles. The molecule has 1 aromatic heterocycles. The standard InChI is InChI=1S/C18H17N3O3/c1-12-19-14-8-4-3-7-13(14)18(20-12)24-11-17(22)21-15-9-5-6-10-16(15)23-2/h3-10H,11H2,1-2H3,(H,21,22). The zero-order valence-electron chi connectivity index (χ0n) is 13.4. The number of rotatable bonds is 5. The lowest BCUT2D eigenvalue weighted by Gasteiger charge is -2.11. The van der Waals surface area contributed by atoms with Crippen LogP contribution in [0.25, 0.3) is 10.9 Å². The lowest BCUT2D eigenvalue weighted by atomic mass is 10.2. The summed E-state index contributed by atoms with van der Waals surface area (Å²) in [6, 6.07) is 14.7. The first-order valence-corrected chi connectivity index (χ1v) is 7.46. The fraction of sp³-hybridized carbons (Fsp3) is 0.167. The molecule has 2 aromatic carbocycles. The van der Waals surface area contributed by atoms with E-state index in [0.29, 0.717) is 23.1 Å². The Morgan fingerprint density at radius 2 is 1.83 bits per heavy atom. The number of aryl methyl sites for hydroxylation is 1. The highest BCUT2D eigenvalue weighted by atomic mass is 16.5. The number of nitrogens with one attached hydrogen (secondary N) is 1. The highest BCUT2D eigenvalue weighted by molar-refractivity contribution is 5.93. The van der Waals surface area contributed by atoms with E-state index in [1.807, 2.05) is 36.4 Å². The Bertz CT molecular complexity index is 880. The molecule has 6 heteroatoms. The number of benzene rings is 2. The number of nitrogens with zero attached hydrogens (tertiary/aromatic N) is 2. The number of para-hydroxylation sites is 3. The van der Waals surface area contributed by atoms with E-state index in [0.717, 1.165) is 10.9 Å². The van der Waals surface area contributed by atoms with Crippen molar-refractivity contribution in [1.82, 2.24) is 9.97 Å². The van der Waals surface area contributed by atoms with Gasteiger partial charge in [-0.2, -0.15) is 4.98 Å². The summed E-state index contributed by atoms with van der Waals surface area (Å²) in [5.74, 6) is 1.29. The summed E-state index contributed by atoms with van der Waals surface area (Å²) in [7, 11) is 1.55. The molecule has 0 bridgehead atoms. The van der Waals surface area contributed by atoms with Crippen molar-refractivity contribution in [3.63, 3.8) is 0 Å². The van der Waals surface area contributed by atoms with Crippen molar-refractivity contribution >= 4 is 22.5 Å². The van der Waals surface area contributed by atoms with E-state index in [1.54, 1.807) is 26.2 Å². The maximum atomic E-state index is 12.1. The zero-order valence-corrected chi connectivity index (χ0v) is 13.4. The predicted octanol–water partition coefficient (Wildman–Crippen LogP) is 2.96. The van der Waals surface area contributed by atoms with Crippen LogP contribution in [0.2, 0.25) is 0 Å². The van der Waals surface area contributed by atoms with Gasteiger partial charge in [0.25, 0.3) is 5.91 Å². The van der Waals surface area contributed by atoms with Gasteiger partial charge < -0.3 is 14.8 Å². The molecule has 3 rings (SSSR count). The smallest absolute Gasteiger partial charge is 0.262 e. The normalized spacial score (nSPS) is 10.4. The summed E-state index contributed by atoms with van der Waals surface area (Å²) in [6.07, 6.45) is 0. The molecule has 0 aliphatic rings. The lowest BCUT2D eigenvalue weighted by Crippen LogP contribution is -2.21. The number of methoxy groups -OCH3 is 1. The minimum atomic E-state index is -0.292. The molecule has 0 saturated carbocycles. The van der Waals surface area contributed by atoms with Gasteiger partial charge in [-0.15, -0.1) is 0 Å². The number of carbonyl (C=O) groups is 1. The van der Waals surface area contributed by atoms with Crippen LogP contribution in [-0.4, -0.2) is 29.6 Å². The SMILES string of the molecule is COc1ccccc1NC(=O)COc1nc(C)nc2ccccc12. The van der Waals surface area contributed by atoms with Gasteiger partial charge in [-0.3, -0.25) is 4.79 Å². The molecule has 122 valence electrons. The molecule has 24 heavy (non-hydrogen) atoms. The number of anilines is 1. The van der Waals surface area contributed by atoms with Gasteiger partial charge in [0.15, 0.2) is 6.61 Å². The fourth-order valence-electron chi connectivity index (χ4n) is 2.34. The zero-order chi connectivity index (χ0) is 16.9.